The first-order valence-corrected chi connectivity index (χ1v) is 6.68. The third kappa shape index (κ3) is 2.12. The van der Waals surface area contributed by atoms with Crippen molar-refractivity contribution in [2.75, 3.05) is 18.0 Å². The molecule has 1 fully saturated rings. The number of anilines is 1. The van der Waals surface area contributed by atoms with E-state index in [1.54, 1.807) is 0 Å². The summed E-state index contributed by atoms with van der Waals surface area (Å²) >= 11 is 3.41. The molecule has 94 valence electrons. The van der Waals surface area contributed by atoms with E-state index in [4.69, 9.17) is 0 Å². The van der Waals surface area contributed by atoms with Crippen LogP contribution in [0.2, 0.25) is 0 Å². The van der Waals surface area contributed by atoms with Crippen LogP contribution in [0.15, 0.2) is 22.9 Å². The van der Waals surface area contributed by atoms with Crippen molar-refractivity contribution in [2.45, 2.75) is 19.9 Å². The van der Waals surface area contributed by atoms with Crippen molar-refractivity contribution < 1.29 is 0 Å². The van der Waals surface area contributed by atoms with Crippen LogP contribution in [0.1, 0.15) is 17.4 Å². The molecular weight excluding hydrogens is 294 g/mol. The maximum Gasteiger partial charge on any atom is 0.225 e. The highest BCUT2D eigenvalue weighted by molar-refractivity contribution is 9.10. The van der Waals surface area contributed by atoms with E-state index in [1.807, 2.05) is 37.0 Å². The van der Waals surface area contributed by atoms with Gasteiger partial charge in [0.15, 0.2) is 0 Å². The summed E-state index contributed by atoms with van der Waals surface area (Å²) in [5, 5.41) is 4.30. The molecule has 0 saturated carbocycles. The van der Waals surface area contributed by atoms with Gasteiger partial charge in [0.2, 0.25) is 5.95 Å². The Morgan fingerprint density at radius 1 is 1.22 bits per heavy atom. The highest BCUT2D eigenvalue weighted by atomic mass is 79.9. The van der Waals surface area contributed by atoms with E-state index in [0.717, 1.165) is 34.9 Å². The van der Waals surface area contributed by atoms with E-state index >= 15 is 0 Å². The van der Waals surface area contributed by atoms with Crippen LogP contribution in [0.5, 0.6) is 0 Å². The van der Waals surface area contributed by atoms with Crippen LogP contribution in [0.25, 0.3) is 0 Å². The van der Waals surface area contributed by atoms with Gasteiger partial charge in [0, 0.05) is 30.7 Å². The predicted molar refractivity (Wildman–Crippen MR) is 72.7 cm³/mol. The van der Waals surface area contributed by atoms with Gasteiger partial charge in [-0.3, -0.25) is 4.68 Å². The number of hydrogen-bond acceptors (Lipinski definition) is 4. The van der Waals surface area contributed by atoms with Crippen LogP contribution in [-0.2, 0) is 0 Å². The van der Waals surface area contributed by atoms with Crippen molar-refractivity contribution in [1.82, 2.24) is 19.7 Å². The summed E-state index contributed by atoms with van der Waals surface area (Å²) in [4.78, 5) is 11.1. The summed E-state index contributed by atoms with van der Waals surface area (Å²) in [6.07, 6.45) is 3.82. The van der Waals surface area contributed by atoms with Crippen LogP contribution in [0.4, 0.5) is 5.95 Å². The van der Waals surface area contributed by atoms with Crippen molar-refractivity contribution in [3.05, 3.63) is 34.3 Å². The van der Waals surface area contributed by atoms with Crippen LogP contribution >= 0.6 is 15.9 Å². The molecule has 0 N–H and O–H groups in total. The number of aryl methyl sites for hydroxylation is 2. The SMILES string of the molecule is Cc1cc(C)nc(N2CC(n3cc(Br)cn3)C2)n1. The molecule has 1 aliphatic heterocycles. The third-order valence-electron chi connectivity index (χ3n) is 3.06. The number of halogens is 1. The van der Waals surface area contributed by atoms with Crippen molar-refractivity contribution in [3.63, 3.8) is 0 Å². The number of nitrogens with zero attached hydrogens (tertiary/aromatic N) is 5. The fourth-order valence-corrected chi connectivity index (χ4v) is 2.45. The highest BCUT2D eigenvalue weighted by Crippen LogP contribution is 2.25. The van der Waals surface area contributed by atoms with E-state index in [1.165, 1.54) is 0 Å². The lowest BCUT2D eigenvalue weighted by molar-refractivity contribution is 0.363. The molecule has 0 aromatic carbocycles. The molecule has 0 spiro atoms. The zero-order valence-corrected chi connectivity index (χ0v) is 11.9. The van der Waals surface area contributed by atoms with E-state index in [0.29, 0.717) is 6.04 Å². The van der Waals surface area contributed by atoms with Gasteiger partial charge in [-0.25, -0.2) is 9.97 Å². The Hall–Kier alpha value is -1.43. The lowest BCUT2D eigenvalue weighted by Gasteiger charge is -2.39. The molecule has 5 nitrogen and oxygen atoms in total. The quantitative estimate of drug-likeness (QED) is 0.852. The Kier molecular flexibility index (Phi) is 2.81. The number of aromatic nitrogens is 4. The maximum atomic E-state index is 4.47. The Morgan fingerprint density at radius 2 is 1.89 bits per heavy atom. The van der Waals surface area contributed by atoms with Gasteiger partial charge in [0.25, 0.3) is 0 Å². The average molecular weight is 308 g/mol. The minimum absolute atomic E-state index is 0.417. The van der Waals surface area contributed by atoms with Crippen molar-refractivity contribution in [2.24, 2.45) is 0 Å². The second kappa shape index (κ2) is 4.35. The van der Waals surface area contributed by atoms with Gasteiger partial charge in [0.05, 0.1) is 16.7 Å². The van der Waals surface area contributed by atoms with Crippen LogP contribution < -0.4 is 4.90 Å². The minimum Gasteiger partial charge on any atom is -0.336 e. The van der Waals surface area contributed by atoms with Crippen molar-refractivity contribution in [3.8, 4) is 0 Å². The largest absolute Gasteiger partial charge is 0.336 e. The molecule has 3 heterocycles. The van der Waals surface area contributed by atoms with Crippen molar-refractivity contribution in [1.29, 1.82) is 0 Å². The van der Waals surface area contributed by atoms with Crippen LogP contribution in [0, 0.1) is 13.8 Å². The second-order valence-corrected chi connectivity index (χ2v) is 5.56. The molecule has 0 radical (unpaired) electrons. The lowest BCUT2D eigenvalue weighted by Crippen LogP contribution is -2.48. The zero-order chi connectivity index (χ0) is 12.7. The Labute approximate surface area is 114 Å². The maximum absolute atomic E-state index is 4.47. The molecule has 6 heteroatoms. The summed E-state index contributed by atoms with van der Waals surface area (Å²) in [6.45, 7) is 5.83. The van der Waals surface area contributed by atoms with E-state index in [-0.39, 0.29) is 0 Å². The van der Waals surface area contributed by atoms with E-state index in [2.05, 4.69) is 35.9 Å². The monoisotopic (exact) mass is 307 g/mol. The van der Waals surface area contributed by atoms with Gasteiger partial charge in [0.1, 0.15) is 0 Å². The number of rotatable bonds is 2. The molecule has 1 aliphatic rings. The molecule has 18 heavy (non-hydrogen) atoms. The van der Waals surface area contributed by atoms with Gasteiger partial charge >= 0.3 is 0 Å². The van der Waals surface area contributed by atoms with Gasteiger partial charge in [-0.15, -0.1) is 0 Å². The molecular formula is C12H14BrN5. The summed E-state index contributed by atoms with van der Waals surface area (Å²) in [6, 6.07) is 2.41. The molecule has 0 amide bonds. The summed E-state index contributed by atoms with van der Waals surface area (Å²) in [7, 11) is 0. The Bertz CT molecular complexity index is 553. The van der Waals surface area contributed by atoms with Gasteiger partial charge in [-0.2, -0.15) is 5.10 Å². The molecule has 3 rings (SSSR count). The fraction of sp³-hybridized carbons (Fsp3) is 0.417. The fourth-order valence-electron chi connectivity index (χ4n) is 2.15. The van der Waals surface area contributed by atoms with Crippen LogP contribution in [-0.4, -0.2) is 32.8 Å². The lowest BCUT2D eigenvalue weighted by atomic mass is 10.1. The molecule has 0 bridgehead atoms. The highest BCUT2D eigenvalue weighted by Gasteiger charge is 2.30. The van der Waals surface area contributed by atoms with E-state index < -0.39 is 0 Å². The first-order valence-electron chi connectivity index (χ1n) is 5.89. The molecule has 2 aromatic heterocycles. The predicted octanol–water partition coefficient (Wildman–Crippen LogP) is 2.11. The summed E-state index contributed by atoms with van der Waals surface area (Å²) in [5.74, 6) is 0.829. The normalized spacial score (nSPS) is 15.8. The zero-order valence-electron chi connectivity index (χ0n) is 10.3. The minimum atomic E-state index is 0.417. The Balaban J connectivity index is 1.71. The molecule has 1 saturated heterocycles. The number of hydrogen-bond donors (Lipinski definition) is 0. The van der Waals surface area contributed by atoms with Crippen LogP contribution in [0.3, 0.4) is 0 Å². The van der Waals surface area contributed by atoms with Gasteiger partial charge in [-0.05, 0) is 35.8 Å². The first-order chi connectivity index (χ1) is 8.61. The average Bonchev–Trinajstić information content (AvgIpc) is 2.61. The first kappa shape index (κ1) is 11.6. The molecule has 2 aromatic rings. The molecule has 0 aliphatic carbocycles. The second-order valence-electron chi connectivity index (χ2n) is 4.65. The smallest absolute Gasteiger partial charge is 0.225 e. The molecule has 0 unspecified atom stereocenters. The third-order valence-corrected chi connectivity index (χ3v) is 3.47. The van der Waals surface area contributed by atoms with Crippen molar-refractivity contribution >= 4 is 21.9 Å². The summed E-state index contributed by atoms with van der Waals surface area (Å²) in [5.41, 5.74) is 2.03. The van der Waals surface area contributed by atoms with E-state index in [9.17, 15) is 0 Å². The van der Waals surface area contributed by atoms with Gasteiger partial charge in [-0.1, -0.05) is 0 Å². The topological polar surface area (TPSA) is 46.8 Å². The van der Waals surface area contributed by atoms with Gasteiger partial charge < -0.3 is 4.90 Å². The summed E-state index contributed by atoms with van der Waals surface area (Å²) < 4.78 is 3.01. The molecule has 0 atom stereocenters. The standard InChI is InChI=1S/C12H14BrN5/c1-8-3-9(2)16-12(15-8)17-6-11(7-17)18-5-10(13)4-14-18/h3-5,11H,6-7H2,1-2H3. The Morgan fingerprint density at radius 3 is 2.44 bits per heavy atom.